The molecule has 0 atom stereocenters. The summed E-state index contributed by atoms with van der Waals surface area (Å²) in [5.74, 6) is 0.559. The van der Waals surface area contributed by atoms with Crippen molar-refractivity contribution in [2.75, 3.05) is 12.4 Å². The van der Waals surface area contributed by atoms with Crippen molar-refractivity contribution < 1.29 is 0 Å². The Hall–Kier alpha value is -1.63. The summed E-state index contributed by atoms with van der Waals surface area (Å²) in [4.78, 5) is 8.16. The van der Waals surface area contributed by atoms with E-state index in [1.165, 1.54) is 0 Å². The fourth-order valence-electron chi connectivity index (χ4n) is 0.990. The first kappa shape index (κ1) is 8.47. The zero-order chi connectivity index (χ0) is 9.14. The summed E-state index contributed by atoms with van der Waals surface area (Å²) < 4.78 is 0. The molecule has 1 rings (SSSR count). The number of nitrogens with zero attached hydrogens (tertiary/aromatic N) is 3. The Bertz CT molecular complexity index is 314. The molecule has 4 nitrogen and oxygen atoms in total. The molecule has 0 spiro atoms. The van der Waals surface area contributed by atoms with Gasteiger partial charge in [0.15, 0.2) is 0 Å². The molecular formula is C8H10N4. The molecule has 0 aromatic carbocycles. The third kappa shape index (κ3) is 1.35. The van der Waals surface area contributed by atoms with Gasteiger partial charge in [-0.25, -0.2) is 9.97 Å². The van der Waals surface area contributed by atoms with Gasteiger partial charge in [-0.2, -0.15) is 5.26 Å². The lowest BCUT2D eigenvalue weighted by molar-refractivity contribution is 1.04. The van der Waals surface area contributed by atoms with Crippen molar-refractivity contribution in [3.63, 3.8) is 0 Å². The molecule has 62 valence electrons. The number of anilines is 1. The Kier molecular flexibility index (Phi) is 2.24. The highest BCUT2D eigenvalue weighted by atomic mass is 15.1. The average molecular weight is 162 g/mol. The fourth-order valence-corrected chi connectivity index (χ4v) is 0.990. The number of hydrogen-bond donors (Lipinski definition) is 1. The highest BCUT2D eigenvalue weighted by molar-refractivity contribution is 5.40. The van der Waals surface area contributed by atoms with Crippen LogP contribution < -0.4 is 5.32 Å². The monoisotopic (exact) mass is 162 g/mol. The number of aryl methyl sites for hydroxylation is 2. The van der Waals surface area contributed by atoms with Crippen LogP contribution in [0.25, 0.3) is 0 Å². The number of nitriles is 1. The third-order valence-corrected chi connectivity index (χ3v) is 1.61. The van der Waals surface area contributed by atoms with Gasteiger partial charge >= 0.3 is 0 Å². The third-order valence-electron chi connectivity index (χ3n) is 1.61. The van der Waals surface area contributed by atoms with Crippen LogP contribution in [0.1, 0.15) is 17.0 Å². The highest BCUT2D eigenvalue weighted by Gasteiger charge is 2.05. The number of rotatable bonds is 1. The molecule has 12 heavy (non-hydrogen) atoms. The molecule has 0 saturated heterocycles. The summed E-state index contributed by atoms with van der Waals surface area (Å²) in [6.45, 7) is 3.60. The van der Waals surface area contributed by atoms with Crippen LogP contribution >= 0.6 is 0 Å². The van der Waals surface area contributed by atoms with Crippen molar-refractivity contribution in [1.82, 2.24) is 9.97 Å². The van der Waals surface area contributed by atoms with Crippen molar-refractivity contribution in [3.05, 3.63) is 17.0 Å². The second-order valence-corrected chi connectivity index (χ2v) is 2.45. The molecule has 0 fully saturated rings. The van der Waals surface area contributed by atoms with E-state index in [9.17, 15) is 0 Å². The Balaban J connectivity index is 3.30. The lowest BCUT2D eigenvalue weighted by Crippen LogP contribution is -2.02. The Morgan fingerprint density at radius 2 is 1.75 bits per heavy atom. The molecule has 0 unspecified atom stereocenters. The molecule has 1 heterocycles. The largest absolute Gasteiger partial charge is 0.357 e. The minimum Gasteiger partial charge on any atom is -0.357 e. The number of aromatic nitrogens is 2. The SMILES string of the molecule is CNc1nc(C)c(C#N)c(C)n1. The molecule has 0 bridgehead atoms. The first-order chi connectivity index (χ1) is 5.69. The first-order valence-electron chi connectivity index (χ1n) is 3.62. The Morgan fingerprint density at radius 3 is 2.08 bits per heavy atom. The molecule has 0 amide bonds. The van der Waals surface area contributed by atoms with E-state index < -0.39 is 0 Å². The van der Waals surface area contributed by atoms with E-state index in [0.29, 0.717) is 22.9 Å². The zero-order valence-electron chi connectivity index (χ0n) is 7.34. The predicted octanol–water partition coefficient (Wildman–Crippen LogP) is 1.01. The van der Waals surface area contributed by atoms with Gasteiger partial charge in [0.2, 0.25) is 5.95 Å². The maximum atomic E-state index is 8.71. The molecule has 0 radical (unpaired) electrons. The van der Waals surface area contributed by atoms with Gasteiger partial charge in [-0.1, -0.05) is 0 Å². The van der Waals surface area contributed by atoms with Crippen LogP contribution in [-0.2, 0) is 0 Å². The van der Waals surface area contributed by atoms with Gasteiger partial charge in [-0.3, -0.25) is 0 Å². The summed E-state index contributed by atoms with van der Waals surface area (Å²) in [5, 5.41) is 11.5. The summed E-state index contributed by atoms with van der Waals surface area (Å²) >= 11 is 0. The molecule has 1 aromatic rings. The molecule has 4 heteroatoms. The van der Waals surface area contributed by atoms with Gasteiger partial charge in [0.1, 0.15) is 6.07 Å². The van der Waals surface area contributed by atoms with Crippen molar-refractivity contribution in [2.45, 2.75) is 13.8 Å². The van der Waals surface area contributed by atoms with Crippen LogP contribution in [0, 0.1) is 25.2 Å². The summed E-state index contributed by atoms with van der Waals surface area (Å²) in [6.07, 6.45) is 0. The summed E-state index contributed by atoms with van der Waals surface area (Å²) in [5.41, 5.74) is 2.00. The van der Waals surface area contributed by atoms with E-state index in [1.807, 2.05) is 0 Å². The fraction of sp³-hybridized carbons (Fsp3) is 0.375. The molecule has 1 N–H and O–H groups in total. The lowest BCUT2D eigenvalue weighted by Gasteiger charge is -2.03. The van der Waals surface area contributed by atoms with E-state index in [1.54, 1.807) is 20.9 Å². The van der Waals surface area contributed by atoms with E-state index in [0.717, 1.165) is 0 Å². The van der Waals surface area contributed by atoms with Gasteiger partial charge in [0.25, 0.3) is 0 Å². The maximum Gasteiger partial charge on any atom is 0.222 e. The maximum absolute atomic E-state index is 8.71. The van der Waals surface area contributed by atoms with E-state index in [4.69, 9.17) is 5.26 Å². The molecule has 0 aliphatic rings. The van der Waals surface area contributed by atoms with Crippen molar-refractivity contribution >= 4 is 5.95 Å². The quantitative estimate of drug-likeness (QED) is 0.669. The van der Waals surface area contributed by atoms with Crippen molar-refractivity contribution in [3.8, 4) is 6.07 Å². The van der Waals surface area contributed by atoms with Gasteiger partial charge in [-0.05, 0) is 13.8 Å². The standard InChI is InChI=1S/C8H10N4/c1-5-7(4-9)6(2)12-8(10-3)11-5/h1-3H3,(H,10,11,12). The Labute approximate surface area is 71.3 Å². The van der Waals surface area contributed by atoms with Crippen molar-refractivity contribution in [2.24, 2.45) is 0 Å². The minimum atomic E-state index is 0.559. The van der Waals surface area contributed by atoms with E-state index in [2.05, 4.69) is 21.4 Å². The summed E-state index contributed by atoms with van der Waals surface area (Å²) in [6, 6.07) is 2.06. The van der Waals surface area contributed by atoms with Crippen LogP contribution in [0.5, 0.6) is 0 Å². The molecule has 0 aliphatic carbocycles. The van der Waals surface area contributed by atoms with Crippen LogP contribution in [-0.4, -0.2) is 17.0 Å². The van der Waals surface area contributed by atoms with Crippen LogP contribution in [0.15, 0.2) is 0 Å². The normalized spacial score (nSPS) is 9.17. The molecule has 0 saturated carbocycles. The van der Waals surface area contributed by atoms with Crippen molar-refractivity contribution in [1.29, 1.82) is 5.26 Å². The van der Waals surface area contributed by atoms with Crippen LogP contribution in [0.2, 0.25) is 0 Å². The van der Waals surface area contributed by atoms with E-state index >= 15 is 0 Å². The number of hydrogen-bond acceptors (Lipinski definition) is 4. The molecule has 1 aromatic heterocycles. The van der Waals surface area contributed by atoms with Gasteiger partial charge in [0, 0.05) is 7.05 Å². The van der Waals surface area contributed by atoms with Gasteiger partial charge in [0.05, 0.1) is 17.0 Å². The molecular weight excluding hydrogens is 152 g/mol. The Morgan fingerprint density at radius 1 is 1.25 bits per heavy atom. The lowest BCUT2D eigenvalue weighted by atomic mass is 10.2. The predicted molar refractivity (Wildman–Crippen MR) is 45.8 cm³/mol. The zero-order valence-corrected chi connectivity index (χ0v) is 7.34. The summed E-state index contributed by atoms with van der Waals surface area (Å²) in [7, 11) is 1.75. The van der Waals surface area contributed by atoms with Gasteiger partial charge in [-0.15, -0.1) is 0 Å². The highest BCUT2D eigenvalue weighted by Crippen LogP contribution is 2.10. The van der Waals surface area contributed by atoms with Crippen LogP contribution in [0.3, 0.4) is 0 Å². The second-order valence-electron chi connectivity index (χ2n) is 2.45. The first-order valence-corrected chi connectivity index (χ1v) is 3.62. The second kappa shape index (κ2) is 3.18. The minimum absolute atomic E-state index is 0.559. The van der Waals surface area contributed by atoms with Crippen LogP contribution in [0.4, 0.5) is 5.95 Å². The van der Waals surface area contributed by atoms with E-state index in [-0.39, 0.29) is 0 Å². The smallest absolute Gasteiger partial charge is 0.222 e. The average Bonchev–Trinajstić information content (AvgIpc) is 2.03. The van der Waals surface area contributed by atoms with Gasteiger partial charge < -0.3 is 5.32 Å². The topological polar surface area (TPSA) is 61.6 Å². The number of nitrogens with one attached hydrogen (secondary N) is 1. The molecule has 0 aliphatic heterocycles.